The largest absolute Gasteiger partial charge is 0.504 e. The van der Waals surface area contributed by atoms with Gasteiger partial charge in [-0.05, 0) is 42.3 Å². The number of aliphatic hydroxyl groups excluding tert-OH is 7. The van der Waals surface area contributed by atoms with Gasteiger partial charge in [0.1, 0.15) is 36.6 Å². The summed E-state index contributed by atoms with van der Waals surface area (Å²) in [5.74, 6) is -2.10. The van der Waals surface area contributed by atoms with Crippen molar-refractivity contribution in [2.75, 3.05) is 20.3 Å². The Kier molecular flexibility index (Phi) is 11.2. The molecule has 1 aromatic carbocycles. The van der Waals surface area contributed by atoms with Crippen molar-refractivity contribution in [1.29, 1.82) is 0 Å². The van der Waals surface area contributed by atoms with Crippen LogP contribution in [0, 0.1) is 11.8 Å². The third kappa shape index (κ3) is 7.33. The van der Waals surface area contributed by atoms with Gasteiger partial charge in [-0.2, -0.15) is 0 Å². The topological polar surface area (TPSA) is 244 Å². The van der Waals surface area contributed by atoms with Crippen molar-refractivity contribution in [3.63, 3.8) is 0 Å². The molecule has 3 aliphatic heterocycles. The lowest BCUT2D eigenvalue weighted by atomic mass is 9.88. The number of esters is 1. The molecule has 14 unspecified atom stereocenters. The van der Waals surface area contributed by atoms with Crippen molar-refractivity contribution in [1.82, 2.24) is 0 Å². The standard InChI is InChI=1S/C31H40O16/c1-13-23(36)26(39)28(46-21(35)6-4-14-3-5-18(41-2)17(34)9-14)31(43-13)44-19-10-15(11-32)22-16(19)7-8-42-29(22)47-30-27(40)25(38)24(37)20(12-33)45-30/h3-10,13,16,19-20,22-34,36-40H,11-12H2,1-2H3. The fourth-order valence-corrected chi connectivity index (χ4v) is 6.03. The fourth-order valence-electron chi connectivity index (χ4n) is 6.03. The van der Waals surface area contributed by atoms with Crippen LogP contribution in [0.15, 0.2) is 48.3 Å². The Morgan fingerprint density at radius 3 is 2.38 bits per heavy atom. The first-order valence-corrected chi connectivity index (χ1v) is 15.0. The second-order valence-electron chi connectivity index (χ2n) is 11.6. The van der Waals surface area contributed by atoms with Gasteiger partial charge in [-0.25, -0.2) is 4.79 Å². The van der Waals surface area contributed by atoms with E-state index in [2.05, 4.69) is 0 Å². The van der Waals surface area contributed by atoms with Gasteiger partial charge in [-0.15, -0.1) is 0 Å². The van der Waals surface area contributed by atoms with E-state index in [1.165, 1.54) is 38.5 Å². The van der Waals surface area contributed by atoms with Crippen molar-refractivity contribution >= 4 is 12.0 Å². The lowest BCUT2D eigenvalue weighted by molar-refractivity contribution is -0.341. The molecule has 0 aromatic heterocycles. The number of aromatic hydroxyl groups is 1. The Labute approximate surface area is 269 Å². The smallest absolute Gasteiger partial charge is 0.331 e. The first-order valence-electron chi connectivity index (χ1n) is 15.0. The van der Waals surface area contributed by atoms with E-state index in [1.54, 1.807) is 18.2 Å². The Bertz CT molecular complexity index is 1330. The van der Waals surface area contributed by atoms with Crippen molar-refractivity contribution in [3.8, 4) is 11.5 Å². The number of rotatable bonds is 10. The number of aliphatic hydroxyl groups is 7. The number of phenolic OH excluding ortho intramolecular Hbond substituents is 1. The van der Waals surface area contributed by atoms with Crippen molar-refractivity contribution < 1.29 is 78.8 Å². The number of hydrogen-bond acceptors (Lipinski definition) is 16. The summed E-state index contributed by atoms with van der Waals surface area (Å²) in [5.41, 5.74) is 0.857. The molecule has 260 valence electrons. The van der Waals surface area contributed by atoms with Crippen LogP contribution in [-0.2, 0) is 33.2 Å². The second kappa shape index (κ2) is 15.0. The molecule has 0 amide bonds. The van der Waals surface area contributed by atoms with E-state index in [0.717, 1.165) is 6.08 Å². The second-order valence-corrected chi connectivity index (χ2v) is 11.6. The number of carbonyl (C=O) groups excluding carboxylic acids is 1. The molecule has 16 nitrogen and oxygen atoms in total. The Hall–Kier alpha value is -3.13. The molecule has 8 N–H and O–H groups in total. The highest BCUT2D eigenvalue weighted by atomic mass is 16.8. The Morgan fingerprint density at radius 1 is 0.936 bits per heavy atom. The van der Waals surface area contributed by atoms with E-state index in [0.29, 0.717) is 11.1 Å². The Morgan fingerprint density at radius 2 is 1.70 bits per heavy atom. The molecule has 0 spiro atoms. The van der Waals surface area contributed by atoms with E-state index >= 15 is 0 Å². The molecule has 1 aliphatic carbocycles. The van der Waals surface area contributed by atoms with Gasteiger partial charge in [0, 0.05) is 12.0 Å². The zero-order valence-corrected chi connectivity index (χ0v) is 25.5. The minimum absolute atomic E-state index is 0.141. The number of hydrogen-bond donors (Lipinski definition) is 8. The van der Waals surface area contributed by atoms with E-state index < -0.39 is 105 Å². The molecule has 14 atom stereocenters. The molecule has 0 bridgehead atoms. The molecule has 4 aliphatic rings. The van der Waals surface area contributed by atoms with Gasteiger partial charge in [0.05, 0.1) is 44.7 Å². The van der Waals surface area contributed by atoms with Crippen LogP contribution in [0.2, 0.25) is 0 Å². The predicted octanol–water partition coefficient (Wildman–Crippen LogP) is -1.97. The Balaban J connectivity index is 1.30. The van der Waals surface area contributed by atoms with Gasteiger partial charge in [0.15, 0.2) is 30.2 Å². The normalized spacial score (nSPS) is 40.1. The molecule has 47 heavy (non-hydrogen) atoms. The van der Waals surface area contributed by atoms with Gasteiger partial charge < -0.3 is 74.0 Å². The minimum atomic E-state index is -1.69. The summed E-state index contributed by atoms with van der Waals surface area (Å²) in [6.45, 7) is 0.386. The zero-order chi connectivity index (χ0) is 34.0. The monoisotopic (exact) mass is 668 g/mol. The van der Waals surface area contributed by atoms with Crippen molar-refractivity contribution in [2.24, 2.45) is 11.8 Å². The van der Waals surface area contributed by atoms with Crippen LogP contribution in [0.3, 0.4) is 0 Å². The minimum Gasteiger partial charge on any atom is -0.504 e. The number of fused-ring (bicyclic) bond motifs is 1. The first-order chi connectivity index (χ1) is 22.5. The average Bonchev–Trinajstić information content (AvgIpc) is 3.43. The quantitative estimate of drug-likeness (QED) is 0.0766. The maximum Gasteiger partial charge on any atom is 0.331 e. The molecule has 2 saturated heterocycles. The first kappa shape index (κ1) is 35.2. The molecule has 16 heteroatoms. The molecule has 3 heterocycles. The summed E-state index contributed by atoms with van der Waals surface area (Å²) < 4.78 is 39.5. The number of benzene rings is 1. The lowest BCUT2D eigenvalue weighted by Crippen LogP contribution is -2.60. The van der Waals surface area contributed by atoms with Crippen LogP contribution in [0.4, 0.5) is 0 Å². The molecule has 1 aromatic rings. The molecular formula is C31H40O16. The SMILES string of the molecule is COc1ccc(C=CC(=O)OC2C(OC3C=C(CO)C4C(OC5OC(CO)C(O)C(O)C5O)OC=CC34)OC(C)C(O)C2O)cc1O. The van der Waals surface area contributed by atoms with Crippen molar-refractivity contribution in [3.05, 3.63) is 53.8 Å². The van der Waals surface area contributed by atoms with Crippen LogP contribution in [0.1, 0.15) is 12.5 Å². The molecular weight excluding hydrogens is 628 g/mol. The maximum absolute atomic E-state index is 12.8. The lowest BCUT2D eigenvalue weighted by Gasteiger charge is -2.43. The van der Waals surface area contributed by atoms with E-state index in [-0.39, 0.29) is 11.5 Å². The molecule has 5 rings (SSSR count). The highest BCUT2D eigenvalue weighted by Crippen LogP contribution is 2.43. The highest BCUT2D eigenvalue weighted by molar-refractivity contribution is 5.87. The van der Waals surface area contributed by atoms with Crippen molar-refractivity contribution in [2.45, 2.75) is 80.7 Å². The van der Waals surface area contributed by atoms with Gasteiger partial charge in [0.2, 0.25) is 6.29 Å². The summed E-state index contributed by atoms with van der Waals surface area (Å²) in [6.07, 6.45) is -9.61. The van der Waals surface area contributed by atoms with Gasteiger partial charge >= 0.3 is 5.97 Å². The number of methoxy groups -OCH3 is 1. The number of phenols is 1. The maximum atomic E-state index is 12.8. The predicted molar refractivity (Wildman–Crippen MR) is 156 cm³/mol. The van der Waals surface area contributed by atoms with E-state index in [9.17, 15) is 45.6 Å². The summed E-state index contributed by atoms with van der Waals surface area (Å²) in [5, 5.41) is 81.8. The molecule has 0 saturated carbocycles. The third-order valence-corrected chi connectivity index (χ3v) is 8.65. The van der Waals surface area contributed by atoms with Crippen LogP contribution in [-0.4, -0.2) is 141 Å². The van der Waals surface area contributed by atoms with Crippen LogP contribution in [0.25, 0.3) is 6.08 Å². The van der Waals surface area contributed by atoms with Gasteiger partial charge in [-0.1, -0.05) is 12.1 Å². The highest BCUT2D eigenvalue weighted by Gasteiger charge is 2.52. The van der Waals surface area contributed by atoms with E-state index in [4.69, 9.17) is 33.2 Å². The number of carbonyl (C=O) groups is 1. The third-order valence-electron chi connectivity index (χ3n) is 8.65. The van der Waals surface area contributed by atoms with Gasteiger partial charge in [0.25, 0.3) is 0 Å². The van der Waals surface area contributed by atoms with Gasteiger partial charge in [-0.3, -0.25) is 0 Å². The number of ether oxygens (including phenoxy) is 7. The molecule has 2 fully saturated rings. The zero-order valence-electron chi connectivity index (χ0n) is 25.5. The van der Waals surface area contributed by atoms with Crippen LogP contribution < -0.4 is 4.74 Å². The summed E-state index contributed by atoms with van der Waals surface area (Å²) in [4.78, 5) is 12.8. The average molecular weight is 669 g/mol. The van der Waals surface area contributed by atoms with Crippen LogP contribution >= 0.6 is 0 Å². The fraction of sp³-hybridized carbons (Fsp3) is 0.581. The summed E-state index contributed by atoms with van der Waals surface area (Å²) in [6, 6.07) is 4.47. The van der Waals surface area contributed by atoms with Crippen LogP contribution in [0.5, 0.6) is 11.5 Å². The summed E-state index contributed by atoms with van der Waals surface area (Å²) in [7, 11) is 1.40. The summed E-state index contributed by atoms with van der Waals surface area (Å²) >= 11 is 0. The van der Waals surface area contributed by atoms with E-state index in [1.807, 2.05) is 0 Å². The molecule has 0 radical (unpaired) electrons.